The van der Waals surface area contributed by atoms with Gasteiger partial charge in [-0.2, -0.15) is 0 Å². The van der Waals surface area contributed by atoms with Crippen molar-refractivity contribution in [2.45, 2.75) is 52.7 Å². The SMILES string of the molecule is C=CCN(Cc1cc(CNCC(C)C)sc1C)C1CC1. The summed E-state index contributed by atoms with van der Waals surface area (Å²) in [4.78, 5) is 5.50. The van der Waals surface area contributed by atoms with Gasteiger partial charge in [-0.1, -0.05) is 19.9 Å². The number of thiophene rings is 1. The molecule has 1 aromatic rings. The van der Waals surface area contributed by atoms with Crippen molar-refractivity contribution in [2.24, 2.45) is 5.92 Å². The molecule has 1 fully saturated rings. The monoisotopic (exact) mass is 292 g/mol. The first-order valence-electron chi connectivity index (χ1n) is 7.74. The maximum absolute atomic E-state index is 3.89. The van der Waals surface area contributed by atoms with E-state index in [4.69, 9.17) is 0 Å². The van der Waals surface area contributed by atoms with Crippen molar-refractivity contribution in [3.8, 4) is 0 Å². The Bertz CT molecular complexity index is 432. The summed E-state index contributed by atoms with van der Waals surface area (Å²) in [6.45, 7) is 14.8. The summed E-state index contributed by atoms with van der Waals surface area (Å²) in [5, 5.41) is 3.54. The molecule has 0 saturated heterocycles. The number of hydrogen-bond donors (Lipinski definition) is 1. The highest BCUT2D eigenvalue weighted by atomic mass is 32.1. The molecule has 2 rings (SSSR count). The van der Waals surface area contributed by atoms with E-state index in [9.17, 15) is 0 Å². The van der Waals surface area contributed by atoms with Gasteiger partial charge in [-0.05, 0) is 43.9 Å². The summed E-state index contributed by atoms with van der Waals surface area (Å²) in [6.07, 6.45) is 4.75. The van der Waals surface area contributed by atoms with E-state index in [2.05, 4.69) is 43.6 Å². The lowest BCUT2D eigenvalue weighted by atomic mass is 10.2. The Morgan fingerprint density at radius 3 is 2.85 bits per heavy atom. The lowest BCUT2D eigenvalue weighted by molar-refractivity contribution is 0.283. The molecular weight excluding hydrogens is 264 g/mol. The largest absolute Gasteiger partial charge is 0.312 e. The Morgan fingerprint density at radius 1 is 1.50 bits per heavy atom. The first-order chi connectivity index (χ1) is 9.60. The summed E-state index contributed by atoms with van der Waals surface area (Å²) in [5.41, 5.74) is 1.50. The van der Waals surface area contributed by atoms with Crippen molar-refractivity contribution >= 4 is 11.3 Å². The first kappa shape index (κ1) is 15.7. The number of nitrogens with one attached hydrogen (secondary N) is 1. The van der Waals surface area contributed by atoms with Crippen molar-refractivity contribution in [1.29, 1.82) is 0 Å². The molecule has 1 aromatic heterocycles. The molecule has 1 aliphatic carbocycles. The predicted octanol–water partition coefficient (Wildman–Crippen LogP) is 3.95. The molecule has 0 radical (unpaired) electrons. The summed E-state index contributed by atoms with van der Waals surface area (Å²) in [7, 11) is 0. The van der Waals surface area contributed by atoms with Gasteiger partial charge in [0.15, 0.2) is 0 Å². The Morgan fingerprint density at radius 2 is 2.25 bits per heavy atom. The minimum Gasteiger partial charge on any atom is -0.312 e. The number of aryl methyl sites for hydroxylation is 1. The van der Waals surface area contributed by atoms with Gasteiger partial charge in [-0.25, -0.2) is 0 Å². The smallest absolute Gasteiger partial charge is 0.0300 e. The van der Waals surface area contributed by atoms with Gasteiger partial charge >= 0.3 is 0 Å². The van der Waals surface area contributed by atoms with Gasteiger partial charge in [-0.15, -0.1) is 17.9 Å². The maximum Gasteiger partial charge on any atom is 0.0300 e. The van der Waals surface area contributed by atoms with Crippen LogP contribution in [0.15, 0.2) is 18.7 Å². The van der Waals surface area contributed by atoms with Crippen molar-refractivity contribution < 1.29 is 0 Å². The molecule has 1 saturated carbocycles. The van der Waals surface area contributed by atoms with E-state index in [1.54, 1.807) is 0 Å². The summed E-state index contributed by atoms with van der Waals surface area (Å²) < 4.78 is 0. The van der Waals surface area contributed by atoms with Crippen LogP contribution >= 0.6 is 11.3 Å². The average Bonchev–Trinajstić information content (AvgIpc) is 3.15. The minimum absolute atomic E-state index is 0.716. The number of nitrogens with zero attached hydrogens (tertiary/aromatic N) is 1. The fourth-order valence-electron chi connectivity index (χ4n) is 2.48. The molecule has 112 valence electrons. The second-order valence-corrected chi connectivity index (χ2v) is 7.61. The van der Waals surface area contributed by atoms with Crippen LogP contribution in [0.25, 0.3) is 0 Å². The van der Waals surface area contributed by atoms with Crippen LogP contribution in [0.3, 0.4) is 0 Å². The van der Waals surface area contributed by atoms with E-state index in [0.717, 1.165) is 32.2 Å². The average molecular weight is 292 g/mol. The molecule has 0 bridgehead atoms. The molecule has 0 amide bonds. The third-order valence-electron chi connectivity index (χ3n) is 3.72. The molecule has 0 aliphatic heterocycles. The van der Waals surface area contributed by atoms with E-state index in [1.807, 2.05) is 17.4 Å². The molecule has 0 aromatic carbocycles. The highest BCUT2D eigenvalue weighted by Crippen LogP contribution is 2.30. The van der Waals surface area contributed by atoms with Gasteiger partial charge in [-0.3, -0.25) is 4.90 Å². The summed E-state index contributed by atoms with van der Waals surface area (Å²) in [6, 6.07) is 3.20. The van der Waals surface area contributed by atoms with Crippen LogP contribution in [0.2, 0.25) is 0 Å². The van der Waals surface area contributed by atoms with Gasteiger partial charge in [0.2, 0.25) is 0 Å². The normalized spacial score (nSPS) is 15.2. The van der Waals surface area contributed by atoms with Crippen molar-refractivity contribution in [3.63, 3.8) is 0 Å². The van der Waals surface area contributed by atoms with Crippen LogP contribution in [-0.4, -0.2) is 24.0 Å². The summed E-state index contributed by atoms with van der Waals surface area (Å²) in [5.74, 6) is 0.716. The Balaban J connectivity index is 1.90. The van der Waals surface area contributed by atoms with Gasteiger partial charge in [0.25, 0.3) is 0 Å². The highest BCUT2D eigenvalue weighted by molar-refractivity contribution is 7.12. The second kappa shape index (κ2) is 7.39. The molecular formula is C17H28N2S. The molecule has 0 atom stereocenters. The Hall–Kier alpha value is -0.640. The molecule has 2 nitrogen and oxygen atoms in total. The second-order valence-electron chi connectivity index (χ2n) is 6.27. The van der Waals surface area contributed by atoms with Crippen LogP contribution in [-0.2, 0) is 13.1 Å². The van der Waals surface area contributed by atoms with Crippen LogP contribution in [0.1, 0.15) is 42.0 Å². The Labute approximate surface area is 127 Å². The zero-order chi connectivity index (χ0) is 14.5. The van der Waals surface area contributed by atoms with E-state index < -0.39 is 0 Å². The lowest BCUT2D eigenvalue weighted by Crippen LogP contribution is -2.25. The molecule has 0 unspecified atom stereocenters. The minimum atomic E-state index is 0.716. The van der Waals surface area contributed by atoms with Gasteiger partial charge in [0, 0.05) is 35.4 Å². The molecule has 1 aliphatic rings. The predicted molar refractivity (Wildman–Crippen MR) is 89.2 cm³/mol. The standard InChI is InChI=1S/C17H28N2S/c1-5-8-19(16-6-7-16)12-15-9-17(20-14(15)4)11-18-10-13(2)3/h5,9,13,16,18H,1,6-8,10-12H2,2-4H3. The van der Waals surface area contributed by atoms with E-state index in [-0.39, 0.29) is 0 Å². The zero-order valence-corrected chi connectivity index (χ0v) is 13.9. The summed E-state index contributed by atoms with van der Waals surface area (Å²) >= 11 is 1.94. The number of rotatable bonds is 9. The maximum atomic E-state index is 3.89. The van der Waals surface area contributed by atoms with Crippen LogP contribution in [0.4, 0.5) is 0 Å². The van der Waals surface area contributed by atoms with Crippen molar-refractivity contribution in [2.75, 3.05) is 13.1 Å². The van der Waals surface area contributed by atoms with Gasteiger partial charge < -0.3 is 5.32 Å². The van der Waals surface area contributed by atoms with Crippen LogP contribution in [0.5, 0.6) is 0 Å². The van der Waals surface area contributed by atoms with E-state index >= 15 is 0 Å². The van der Waals surface area contributed by atoms with E-state index in [0.29, 0.717) is 5.92 Å². The molecule has 3 heteroatoms. The Kier molecular flexibility index (Phi) is 5.82. The van der Waals surface area contributed by atoms with Gasteiger partial charge in [0.05, 0.1) is 0 Å². The third kappa shape index (κ3) is 4.72. The highest BCUT2D eigenvalue weighted by Gasteiger charge is 2.28. The fourth-order valence-corrected chi connectivity index (χ4v) is 3.51. The molecule has 1 heterocycles. The van der Waals surface area contributed by atoms with Crippen LogP contribution in [0, 0.1) is 12.8 Å². The van der Waals surface area contributed by atoms with E-state index in [1.165, 1.54) is 28.2 Å². The number of hydrogen-bond acceptors (Lipinski definition) is 3. The lowest BCUT2D eigenvalue weighted by Gasteiger charge is -2.19. The van der Waals surface area contributed by atoms with Crippen LogP contribution < -0.4 is 5.32 Å². The fraction of sp³-hybridized carbons (Fsp3) is 0.647. The first-order valence-corrected chi connectivity index (χ1v) is 8.55. The molecule has 20 heavy (non-hydrogen) atoms. The molecule has 1 N–H and O–H groups in total. The van der Waals surface area contributed by atoms with Crippen molar-refractivity contribution in [1.82, 2.24) is 10.2 Å². The van der Waals surface area contributed by atoms with Gasteiger partial charge in [0.1, 0.15) is 0 Å². The molecule has 0 spiro atoms. The quantitative estimate of drug-likeness (QED) is 0.693. The zero-order valence-electron chi connectivity index (χ0n) is 13.1. The topological polar surface area (TPSA) is 15.3 Å². The van der Waals surface area contributed by atoms with Crippen molar-refractivity contribution in [3.05, 3.63) is 34.0 Å². The third-order valence-corrected chi connectivity index (χ3v) is 4.82.